The molecule has 1 fully saturated rings. The molecule has 0 aliphatic carbocycles. The van der Waals surface area contributed by atoms with Gasteiger partial charge >= 0.3 is 5.97 Å². The standard InChI is InChI=1S/C27H33BrClFN2O3/c1-26(2,3)14-19-21(24(33)31-16-10-7-9-15(28)13-16)20(17-11-8-12-18(29)22(17)30)23(32-19)25(34)35-27(4,5)6/h7-13,19-21,23,32H,14H2,1-6H3,(H,31,33)/t19-,20+,21+,23+/m0/s1. The van der Waals surface area contributed by atoms with Crippen LogP contribution in [0.2, 0.25) is 5.02 Å². The Bertz CT molecular complexity index is 1100. The molecule has 1 saturated heterocycles. The fourth-order valence-corrected chi connectivity index (χ4v) is 5.19. The molecule has 1 amide bonds. The number of amides is 1. The van der Waals surface area contributed by atoms with E-state index in [1.54, 1.807) is 45.0 Å². The van der Waals surface area contributed by atoms with Crippen molar-refractivity contribution in [1.29, 1.82) is 0 Å². The normalized spacial score (nSPS) is 22.7. The Morgan fingerprint density at radius 2 is 1.77 bits per heavy atom. The van der Waals surface area contributed by atoms with Gasteiger partial charge in [-0.15, -0.1) is 0 Å². The highest BCUT2D eigenvalue weighted by Gasteiger charge is 2.52. The van der Waals surface area contributed by atoms with Gasteiger partial charge in [0.05, 0.1) is 10.9 Å². The van der Waals surface area contributed by atoms with Gasteiger partial charge in [-0.1, -0.05) is 66.5 Å². The van der Waals surface area contributed by atoms with Crippen molar-refractivity contribution in [1.82, 2.24) is 5.32 Å². The molecule has 2 aromatic rings. The Hall–Kier alpha value is -1.96. The van der Waals surface area contributed by atoms with E-state index in [4.69, 9.17) is 16.3 Å². The van der Waals surface area contributed by atoms with Crippen molar-refractivity contribution in [3.8, 4) is 0 Å². The minimum Gasteiger partial charge on any atom is -0.459 e. The number of nitrogens with one attached hydrogen (secondary N) is 2. The van der Waals surface area contributed by atoms with Crippen LogP contribution in [0.15, 0.2) is 46.9 Å². The molecule has 0 spiro atoms. The van der Waals surface area contributed by atoms with Crippen LogP contribution < -0.4 is 10.6 Å². The van der Waals surface area contributed by atoms with E-state index in [-0.39, 0.29) is 21.9 Å². The molecule has 0 saturated carbocycles. The predicted molar refractivity (Wildman–Crippen MR) is 141 cm³/mol. The van der Waals surface area contributed by atoms with Crippen LogP contribution in [0.4, 0.5) is 10.1 Å². The van der Waals surface area contributed by atoms with Gasteiger partial charge in [0.2, 0.25) is 5.91 Å². The van der Waals surface area contributed by atoms with Gasteiger partial charge < -0.3 is 15.4 Å². The number of carbonyl (C=O) groups excluding carboxylic acids is 2. The molecule has 35 heavy (non-hydrogen) atoms. The van der Waals surface area contributed by atoms with Crippen molar-refractivity contribution in [3.05, 3.63) is 63.3 Å². The van der Waals surface area contributed by atoms with Crippen LogP contribution in [0.1, 0.15) is 59.4 Å². The molecule has 1 heterocycles. The van der Waals surface area contributed by atoms with Gasteiger partial charge in [0, 0.05) is 22.1 Å². The number of ether oxygens (including phenoxy) is 1. The highest BCUT2D eigenvalue weighted by atomic mass is 79.9. The molecule has 2 aromatic carbocycles. The smallest absolute Gasteiger partial charge is 0.324 e. The summed E-state index contributed by atoms with van der Waals surface area (Å²) >= 11 is 9.55. The maximum absolute atomic E-state index is 15.4. The molecular formula is C27H33BrClFN2O3. The summed E-state index contributed by atoms with van der Waals surface area (Å²) in [7, 11) is 0. The second kappa shape index (κ2) is 10.6. The first-order valence-corrected chi connectivity index (χ1v) is 12.8. The Balaban J connectivity index is 2.10. The number of benzene rings is 2. The summed E-state index contributed by atoms with van der Waals surface area (Å²) in [6, 6.07) is 10.6. The van der Waals surface area contributed by atoms with E-state index < -0.39 is 41.3 Å². The van der Waals surface area contributed by atoms with Crippen LogP contribution >= 0.6 is 27.5 Å². The van der Waals surface area contributed by atoms with Gasteiger partial charge in [-0.3, -0.25) is 9.59 Å². The zero-order chi connectivity index (χ0) is 26.1. The first kappa shape index (κ1) is 27.6. The van der Waals surface area contributed by atoms with E-state index in [0.717, 1.165) is 4.47 Å². The summed E-state index contributed by atoms with van der Waals surface area (Å²) in [5.41, 5.74) is -0.0879. The zero-order valence-corrected chi connectivity index (χ0v) is 23.3. The third-order valence-corrected chi connectivity index (χ3v) is 6.59. The fourth-order valence-electron chi connectivity index (χ4n) is 4.61. The molecule has 4 atom stereocenters. The third kappa shape index (κ3) is 7.05. The molecule has 0 radical (unpaired) electrons. The summed E-state index contributed by atoms with van der Waals surface area (Å²) in [5, 5.41) is 6.25. The molecule has 0 unspecified atom stereocenters. The topological polar surface area (TPSA) is 67.4 Å². The average Bonchev–Trinajstić information content (AvgIpc) is 3.06. The summed E-state index contributed by atoms with van der Waals surface area (Å²) in [5.74, 6) is -3.04. The number of rotatable bonds is 5. The minimum atomic E-state index is -0.923. The van der Waals surface area contributed by atoms with Crippen molar-refractivity contribution >= 4 is 45.1 Å². The van der Waals surface area contributed by atoms with Crippen molar-refractivity contribution in [2.45, 2.75) is 71.6 Å². The van der Waals surface area contributed by atoms with Crippen molar-refractivity contribution < 1.29 is 18.7 Å². The number of hydrogen-bond acceptors (Lipinski definition) is 4. The number of esters is 1. The molecule has 190 valence electrons. The number of halogens is 3. The first-order chi connectivity index (χ1) is 16.2. The molecule has 0 bridgehead atoms. The predicted octanol–water partition coefficient (Wildman–Crippen LogP) is 6.70. The van der Waals surface area contributed by atoms with Crippen LogP contribution in [0.5, 0.6) is 0 Å². The van der Waals surface area contributed by atoms with Crippen LogP contribution in [-0.2, 0) is 14.3 Å². The number of anilines is 1. The quantitative estimate of drug-likeness (QED) is 0.395. The molecule has 5 nitrogen and oxygen atoms in total. The van der Waals surface area contributed by atoms with Crippen molar-refractivity contribution in [2.75, 3.05) is 5.32 Å². The average molecular weight is 568 g/mol. The van der Waals surface area contributed by atoms with Gasteiger partial charge in [-0.2, -0.15) is 0 Å². The van der Waals surface area contributed by atoms with E-state index in [2.05, 4.69) is 47.3 Å². The monoisotopic (exact) mass is 566 g/mol. The van der Waals surface area contributed by atoms with Crippen molar-refractivity contribution in [3.63, 3.8) is 0 Å². The van der Waals surface area contributed by atoms with E-state index >= 15 is 4.39 Å². The number of carbonyl (C=O) groups is 2. The second-order valence-electron chi connectivity index (χ2n) is 11.2. The summed E-state index contributed by atoms with van der Waals surface area (Å²) in [6.07, 6.45) is 0.585. The van der Waals surface area contributed by atoms with E-state index in [1.165, 1.54) is 6.07 Å². The lowest BCUT2D eigenvalue weighted by Gasteiger charge is -2.29. The third-order valence-electron chi connectivity index (χ3n) is 5.80. The largest absolute Gasteiger partial charge is 0.459 e. The first-order valence-electron chi connectivity index (χ1n) is 11.7. The molecule has 8 heteroatoms. The highest BCUT2D eigenvalue weighted by Crippen LogP contribution is 2.43. The lowest BCUT2D eigenvalue weighted by Crippen LogP contribution is -2.43. The number of hydrogen-bond donors (Lipinski definition) is 2. The van der Waals surface area contributed by atoms with Crippen LogP contribution in [0, 0.1) is 17.2 Å². The van der Waals surface area contributed by atoms with Crippen LogP contribution in [-0.4, -0.2) is 29.6 Å². The molecule has 2 N–H and O–H groups in total. The Morgan fingerprint density at radius 1 is 1.11 bits per heavy atom. The summed E-state index contributed by atoms with van der Waals surface area (Å²) in [4.78, 5) is 27.1. The zero-order valence-electron chi connectivity index (χ0n) is 20.9. The lowest BCUT2D eigenvalue weighted by atomic mass is 9.76. The molecular weight excluding hydrogens is 535 g/mol. The molecule has 3 rings (SSSR count). The SMILES string of the molecule is CC(C)(C)C[C@@H]1N[C@@H](C(=O)OC(C)(C)C)[C@H](c2cccc(Cl)c2F)[C@@H]1C(=O)Nc1cccc(Br)c1. The summed E-state index contributed by atoms with van der Waals surface area (Å²) < 4.78 is 21.9. The fraction of sp³-hybridized carbons (Fsp3) is 0.481. The summed E-state index contributed by atoms with van der Waals surface area (Å²) in [6.45, 7) is 11.5. The van der Waals surface area contributed by atoms with Crippen molar-refractivity contribution in [2.24, 2.45) is 11.3 Å². The molecule has 1 aliphatic heterocycles. The maximum Gasteiger partial charge on any atom is 0.324 e. The van der Waals surface area contributed by atoms with Gasteiger partial charge in [0.25, 0.3) is 0 Å². The second-order valence-corrected chi connectivity index (χ2v) is 12.6. The minimum absolute atomic E-state index is 0.0594. The Kier molecular flexibility index (Phi) is 8.34. The van der Waals surface area contributed by atoms with Crippen LogP contribution in [0.25, 0.3) is 0 Å². The highest BCUT2D eigenvalue weighted by molar-refractivity contribution is 9.10. The molecule has 1 aliphatic rings. The van der Waals surface area contributed by atoms with Gasteiger partial charge in [-0.05, 0) is 62.4 Å². The van der Waals surface area contributed by atoms with Gasteiger partial charge in [0.1, 0.15) is 17.5 Å². The van der Waals surface area contributed by atoms with Gasteiger partial charge in [0.15, 0.2) is 0 Å². The lowest BCUT2D eigenvalue weighted by molar-refractivity contribution is -0.157. The van der Waals surface area contributed by atoms with E-state index in [0.29, 0.717) is 12.1 Å². The Labute approximate surface area is 220 Å². The molecule has 0 aromatic heterocycles. The van der Waals surface area contributed by atoms with Gasteiger partial charge in [-0.25, -0.2) is 4.39 Å². The van der Waals surface area contributed by atoms with Crippen LogP contribution in [0.3, 0.4) is 0 Å². The van der Waals surface area contributed by atoms with E-state index in [9.17, 15) is 9.59 Å². The van der Waals surface area contributed by atoms with E-state index in [1.807, 2.05) is 12.1 Å². The maximum atomic E-state index is 15.4. The Morgan fingerprint density at radius 3 is 2.37 bits per heavy atom.